The smallest absolute Gasteiger partial charge is 0.255 e. The Bertz CT molecular complexity index is 863. The molecule has 1 fully saturated rings. The molecule has 2 aromatic carbocycles. The lowest BCUT2D eigenvalue weighted by Crippen LogP contribution is -2.51. The van der Waals surface area contributed by atoms with Crippen LogP contribution in [-0.4, -0.2) is 62.0 Å². The van der Waals surface area contributed by atoms with Gasteiger partial charge in [0.05, 0.1) is 26.2 Å². The minimum absolute atomic E-state index is 0.0583. The van der Waals surface area contributed by atoms with Crippen LogP contribution in [0.25, 0.3) is 0 Å². The second kappa shape index (κ2) is 9.10. The van der Waals surface area contributed by atoms with Crippen LogP contribution in [0.4, 0.5) is 0 Å². The summed E-state index contributed by atoms with van der Waals surface area (Å²) in [5.74, 6) is 1.37. The molecule has 0 unspecified atom stereocenters. The van der Waals surface area contributed by atoms with Crippen molar-refractivity contribution in [2.24, 2.45) is 0 Å². The molecule has 148 valence electrons. The monoisotopic (exact) mass is 446 g/mol. The highest BCUT2D eigenvalue weighted by molar-refractivity contribution is 9.10. The fraction of sp³-hybridized carbons (Fsp3) is 0.333. The van der Waals surface area contributed by atoms with Crippen molar-refractivity contribution in [1.82, 2.24) is 9.80 Å². The van der Waals surface area contributed by atoms with Crippen molar-refractivity contribution in [1.29, 1.82) is 0 Å². The van der Waals surface area contributed by atoms with Crippen LogP contribution in [0.1, 0.15) is 15.9 Å². The SMILES string of the molecule is COc1cccc(CC(=O)N2CCN(C(=O)c3cc(OC)ccc3Br)CC2)c1. The zero-order valence-corrected chi connectivity index (χ0v) is 17.6. The highest BCUT2D eigenvalue weighted by Gasteiger charge is 2.26. The van der Waals surface area contributed by atoms with Crippen LogP contribution in [0, 0.1) is 0 Å². The summed E-state index contributed by atoms with van der Waals surface area (Å²) >= 11 is 3.43. The van der Waals surface area contributed by atoms with E-state index in [-0.39, 0.29) is 11.8 Å². The Morgan fingerprint density at radius 2 is 1.57 bits per heavy atom. The predicted octanol–water partition coefficient (Wildman–Crippen LogP) is 2.99. The lowest BCUT2D eigenvalue weighted by atomic mass is 10.1. The third kappa shape index (κ3) is 4.65. The minimum Gasteiger partial charge on any atom is -0.497 e. The third-order valence-corrected chi connectivity index (χ3v) is 5.50. The van der Waals surface area contributed by atoms with Crippen LogP contribution in [0.5, 0.6) is 11.5 Å². The number of ether oxygens (including phenoxy) is 2. The molecule has 28 heavy (non-hydrogen) atoms. The van der Waals surface area contributed by atoms with Crippen LogP contribution >= 0.6 is 15.9 Å². The van der Waals surface area contributed by atoms with Crippen molar-refractivity contribution in [2.75, 3.05) is 40.4 Å². The maximum atomic E-state index is 12.8. The summed E-state index contributed by atoms with van der Waals surface area (Å²) in [5, 5.41) is 0. The maximum absolute atomic E-state index is 12.8. The summed E-state index contributed by atoms with van der Waals surface area (Å²) in [6.45, 7) is 2.06. The van der Waals surface area contributed by atoms with Crippen molar-refractivity contribution in [2.45, 2.75) is 6.42 Å². The van der Waals surface area contributed by atoms with Gasteiger partial charge in [0.2, 0.25) is 5.91 Å². The second-order valence-corrected chi connectivity index (χ2v) is 7.40. The van der Waals surface area contributed by atoms with Crippen LogP contribution in [-0.2, 0) is 11.2 Å². The van der Waals surface area contributed by atoms with Gasteiger partial charge in [0, 0.05) is 30.7 Å². The molecule has 0 N–H and O–H groups in total. The first kappa shape index (κ1) is 20.2. The highest BCUT2D eigenvalue weighted by atomic mass is 79.9. The molecule has 1 aliphatic heterocycles. The van der Waals surface area contributed by atoms with E-state index in [4.69, 9.17) is 9.47 Å². The van der Waals surface area contributed by atoms with Gasteiger partial charge in [-0.25, -0.2) is 0 Å². The number of benzene rings is 2. The Balaban J connectivity index is 1.59. The Kier molecular flexibility index (Phi) is 6.57. The van der Waals surface area contributed by atoms with Gasteiger partial charge in [-0.3, -0.25) is 9.59 Å². The molecule has 2 amide bonds. The van der Waals surface area contributed by atoms with Gasteiger partial charge in [0.25, 0.3) is 5.91 Å². The molecule has 1 saturated heterocycles. The van der Waals surface area contributed by atoms with E-state index in [0.717, 1.165) is 15.8 Å². The van der Waals surface area contributed by atoms with E-state index >= 15 is 0 Å². The van der Waals surface area contributed by atoms with E-state index in [2.05, 4.69) is 15.9 Å². The molecule has 1 aliphatic rings. The molecule has 0 spiro atoms. The van der Waals surface area contributed by atoms with Gasteiger partial charge in [0.15, 0.2) is 0 Å². The molecular weight excluding hydrogens is 424 g/mol. The topological polar surface area (TPSA) is 59.1 Å². The number of hydrogen-bond donors (Lipinski definition) is 0. The lowest BCUT2D eigenvalue weighted by molar-refractivity contribution is -0.131. The Labute approximate surface area is 173 Å². The molecule has 0 bridgehead atoms. The summed E-state index contributed by atoms with van der Waals surface area (Å²) in [4.78, 5) is 29.0. The quantitative estimate of drug-likeness (QED) is 0.708. The zero-order chi connectivity index (χ0) is 20.1. The average molecular weight is 447 g/mol. The molecule has 0 atom stereocenters. The first-order valence-corrected chi connectivity index (χ1v) is 9.84. The second-order valence-electron chi connectivity index (χ2n) is 6.55. The molecule has 0 aliphatic carbocycles. The number of amides is 2. The Hall–Kier alpha value is -2.54. The van der Waals surface area contributed by atoms with E-state index in [1.807, 2.05) is 29.2 Å². The molecule has 1 heterocycles. The number of carbonyl (C=O) groups excluding carboxylic acids is 2. The van der Waals surface area contributed by atoms with Gasteiger partial charge in [0.1, 0.15) is 11.5 Å². The summed E-state index contributed by atoms with van der Waals surface area (Å²) in [6.07, 6.45) is 0.326. The van der Waals surface area contributed by atoms with Crippen molar-refractivity contribution in [3.63, 3.8) is 0 Å². The molecule has 2 aromatic rings. The third-order valence-electron chi connectivity index (χ3n) is 4.81. The number of hydrogen-bond acceptors (Lipinski definition) is 4. The molecule has 7 heteroatoms. The van der Waals surface area contributed by atoms with Gasteiger partial charge >= 0.3 is 0 Å². The Morgan fingerprint density at radius 3 is 2.25 bits per heavy atom. The minimum atomic E-state index is -0.0642. The van der Waals surface area contributed by atoms with E-state index in [1.165, 1.54) is 0 Å². The number of piperazine rings is 1. The number of methoxy groups -OCH3 is 2. The Morgan fingerprint density at radius 1 is 0.929 bits per heavy atom. The summed E-state index contributed by atoms with van der Waals surface area (Å²) in [6, 6.07) is 12.9. The summed E-state index contributed by atoms with van der Waals surface area (Å²) in [7, 11) is 3.18. The molecule has 3 rings (SSSR count). The number of nitrogens with zero attached hydrogens (tertiary/aromatic N) is 2. The summed E-state index contributed by atoms with van der Waals surface area (Å²) < 4.78 is 11.2. The van der Waals surface area contributed by atoms with Crippen LogP contribution < -0.4 is 9.47 Å². The number of rotatable bonds is 5. The number of carbonyl (C=O) groups is 2. The zero-order valence-electron chi connectivity index (χ0n) is 16.0. The van der Waals surface area contributed by atoms with Crippen LogP contribution in [0.3, 0.4) is 0 Å². The predicted molar refractivity (Wildman–Crippen MR) is 110 cm³/mol. The molecule has 6 nitrogen and oxygen atoms in total. The van der Waals surface area contributed by atoms with E-state index in [1.54, 1.807) is 37.3 Å². The standard InChI is InChI=1S/C21H23BrN2O4/c1-27-16-5-3-4-15(12-16)13-20(25)23-8-10-24(11-9-23)21(26)18-14-17(28-2)6-7-19(18)22/h3-7,12,14H,8-11,13H2,1-2H3. The molecule has 0 aromatic heterocycles. The first-order chi connectivity index (χ1) is 13.5. The molecular formula is C21H23BrN2O4. The number of halogens is 1. The average Bonchev–Trinajstić information content (AvgIpc) is 2.74. The largest absolute Gasteiger partial charge is 0.497 e. The summed E-state index contributed by atoms with van der Waals surface area (Å²) in [5.41, 5.74) is 1.48. The maximum Gasteiger partial charge on any atom is 0.255 e. The molecule has 0 saturated carbocycles. The van der Waals surface area contributed by atoms with Crippen molar-refractivity contribution in [3.05, 3.63) is 58.1 Å². The van der Waals surface area contributed by atoms with Gasteiger partial charge < -0.3 is 19.3 Å². The van der Waals surface area contributed by atoms with Gasteiger partial charge in [-0.2, -0.15) is 0 Å². The van der Waals surface area contributed by atoms with E-state index in [9.17, 15) is 9.59 Å². The lowest BCUT2D eigenvalue weighted by Gasteiger charge is -2.35. The highest BCUT2D eigenvalue weighted by Crippen LogP contribution is 2.24. The van der Waals surface area contributed by atoms with Crippen LogP contribution in [0.2, 0.25) is 0 Å². The van der Waals surface area contributed by atoms with Crippen molar-refractivity contribution in [3.8, 4) is 11.5 Å². The van der Waals surface area contributed by atoms with Gasteiger partial charge in [-0.1, -0.05) is 12.1 Å². The first-order valence-electron chi connectivity index (χ1n) is 9.05. The van der Waals surface area contributed by atoms with Crippen LogP contribution in [0.15, 0.2) is 46.9 Å². The normalized spacial score (nSPS) is 14.0. The van der Waals surface area contributed by atoms with E-state index in [0.29, 0.717) is 43.9 Å². The van der Waals surface area contributed by atoms with Gasteiger partial charge in [-0.15, -0.1) is 0 Å². The van der Waals surface area contributed by atoms with E-state index < -0.39 is 0 Å². The van der Waals surface area contributed by atoms with Crippen molar-refractivity contribution >= 4 is 27.7 Å². The van der Waals surface area contributed by atoms with Gasteiger partial charge in [-0.05, 0) is 51.8 Å². The fourth-order valence-electron chi connectivity index (χ4n) is 3.19. The fourth-order valence-corrected chi connectivity index (χ4v) is 3.61. The molecule has 0 radical (unpaired) electrons. The van der Waals surface area contributed by atoms with Crippen molar-refractivity contribution < 1.29 is 19.1 Å².